The van der Waals surface area contributed by atoms with Crippen LogP contribution in [0.2, 0.25) is 0 Å². The number of hydrogen-bond donors (Lipinski definition) is 0. The van der Waals surface area contributed by atoms with Gasteiger partial charge < -0.3 is 4.74 Å². The highest BCUT2D eigenvalue weighted by Crippen LogP contribution is 2.11. The summed E-state index contributed by atoms with van der Waals surface area (Å²) in [4.78, 5) is 27.0. The third kappa shape index (κ3) is 1.89. The number of ketones is 1. The fourth-order valence-corrected chi connectivity index (χ4v) is 1.53. The monoisotopic (exact) mass is 233 g/mol. The zero-order chi connectivity index (χ0) is 12.4. The second-order valence-corrected chi connectivity index (χ2v) is 3.43. The van der Waals surface area contributed by atoms with Gasteiger partial charge in [0.1, 0.15) is 12.0 Å². The molecule has 0 saturated heterocycles. The van der Waals surface area contributed by atoms with Crippen LogP contribution in [0.25, 0.3) is 5.52 Å². The summed E-state index contributed by atoms with van der Waals surface area (Å²) in [6, 6.07) is 3.49. The number of fused-ring (bicyclic) bond motifs is 1. The molecular weight excluding hydrogens is 222 g/mol. The third-order valence-corrected chi connectivity index (χ3v) is 2.32. The van der Waals surface area contributed by atoms with Crippen LogP contribution in [0.5, 0.6) is 0 Å². The van der Waals surface area contributed by atoms with Gasteiger partial charge in [-0.1, -0.05) is 0 Å². The van der Waals surface area contributed by atoms with Crippen LogP contribution in [0.1, 0.15) is 23.1 Å². The molecule has 17 heavy (non-hydrogen) atoms. The highest BCUT2D eigenvalue weighted by atomic mass is 16.5. The van der Waals surface area contributed by atoms with Crippen LogP contribution >= 0.6 is 0 Å². The predicted octanol–water partition coefficient (Wildman–Crippen LogP) is 0.784. The Morgan fingerprint density at radius 2 is 2.18 bits per heavy atom. The van der Waals surface area contributed by atoms with E-state index in [2.05, 4.69) is 14.8 Å². The van der Waals surface area contributed by atoms with E-state index >= 15 is 0 Å². The van der Waals surface area contributed by atoms with Gasteiger partial charge in [0.15, 0.2) is 0 Å². The quantitative estimate of drug-likeness (QED) is 0.445. The second-order valence-electron chi connectivity index (χ2n) is 3.43. The van der Waals surface area contributed by atoms with E-state index in [0.29, 0.717) is 5.52 Å². The molecule has 2 rings (SSSR count). The van der Waals surface area contributed by atoms with Gasteiger partial charge in [0.05, 0.1) is 12.1 Å². The van der Waals surface area contributed by atoms with E-state index in [1.54, 1.807) is 23.6 Å². The first-order chi connectivity index (χ1) is 8.15. The molecule has 6 heteroatoms. The van der Waals surface area contributed by atoms with Gasteiger partial charge in [0, 0.05) is 5.69 Å². The lowest BCUT2D eigenvalue weighted by atomic mass is 10.2. The van der Waals surface area contributed by atoms with E-state index in [-0.39, 0.29) is 12.3 Å². The van der Waals surface area contributed by atoms with Crippen LogP contribution in [-0.4, -0.2) is 33.0 Å². The molecule has 2 heterocycles. The van der Waals surface area contributed by atoms with Gasteiger partial charge in [0.25, 0.3) is 5.78 Å². The molecule has 0 aliphatic rings. The summed E-state index contributed by atoms with van der Waals surface area (Å²) >= 11 is 0. The smallest absolute Gasteiger partial charge is 0.381 e. The average Bonchev–Trinajstić information content (AvgIpc) is 2.71. The largest absolute Gasteiger partial charge is 0.460 e. The van der Waals surface area contributed by atoms with Gasteiger partial charge >= 0.3 is 5.97 Å². The minimum Gasteiger partial charge on any atom is -0.460 e. The number of esters is 1. The Morgan fingerprint density at radius 1 is 1.41 bits per heavy atom. The van der Waals surface area contributed by atoms with Crippen LogP contribution in [0.4, 0.5) is 0 Å². The van der Waals surface area contributed by atoms with Crippen molar-refractivity contribution in [2.45, 2.75) is 13.8 Å². The van der Waals surface area contributed by atoms with E-state index in [1.807, 2.05) is 6.92 Å². The molecule has 0 fully saturated rings. The molecule has 6 nitrogen and oxygen atoms in total. The number of carbonyl (C=O) groups is 2. The molecule has 0 radical (unpaired) electrons. The second kappa shape index (κ2) is 4.32. The molecule has 0 amide bonds. The summed E-state index contributed by atoms with van der Waals surface area (Å²) in [5.74, 6) is -1.65. The van der Waals surface area contributed by atoms with Crippen molar-refractivity contribution >= 4 is 17.3 Å². The first-order valence-electron chi connectivity index (χ1n) is 5.16. The van der Waals surface area contributed by atoms with E-state index in [0.717, 1.165) is 5.69 Å². The number of hydrogen-bond acceptors (Lipinski definition) is 5. The fourth-order valence-electron chi connectivity index (χ4n) is 1.53. The Morgan fingerprint density at radius 3 is 2.88 bits per heavy atom. The van der Waals surface area contributed by atoms with Crippen LogP contribution in [0.15, 0.2) is 18.5 Å². The van der Waals surface area contributed by atoms with E-state index < -0.39 is 11.8 Å². The van der Waals surface area contributed by atoms with Gasteiger partial charge in [-0.25, -0.2) is 14.3 Å². The minimum atomic E-state index is -0.896. The van der Waals surface area contributed by atoms with Gasteiger partial charge in [0.2, 0.25) is 0 Å². The number of carbonyl (C=O) groups excluding carboxylic acids is 2. The molecule has 0 atom stereocenters. The Kier molecular flexibility index (Phi) is 2.86. The lowest BCUT2D eigenvalue weighted by Crippen LogP contribution is -2.20. The summed E-state index contributed by atoms with van der Waals surface area (Å²) in [6.45, 7) is 3.65. The van der Waals surface area contributed by atoms with E-state index in [4.69, 9.17) is 0 Å². The summed E-state index contributed by atoms with van der Waals surface area (Å²) < 4.78 is 6.21. The Hall–Kier alpha value is -2.24. The van der Waals surface area contributed by atoms with Crippen LogP contribution in [0, 0.1) is 6.92 Å². The molecular formula is C11H11N3O3. The van der Waals surface area contributed by atoms with Crippen molar-refractivity contribution in [1.82, 2.24) is 14.6 Å². The van der Waals surface area contributed by atoms with Crippen molar-refractivity contribution in [3.63, 3.8) is 0 Å². The lowest BCUT2D eigenvalue weighted by Gasteiger charge is -2.02. The highest BCUT2D eigenvalue weighted by Gasteiger charge is 2.22. The van der Waals surface area contributed by atoms with Gasteiger partial charge in [-0.05, 0) is 26.0 Å². The first kappa shape index (κ1) is 11.3. The molecule has 88 valence electrons. The molecule has 0 aliphatic heterocycles. The number of aryl methyl sites for hydroxylation is 1. The molecule has 2 aromatic heterocycles. The van der Waals surface area contributed by atoms with Crippen LogP contribution in [-0.2, 0) is 9.53 Å². The number of rotatable bonds is 3. The van der Waals surface area contributed by atoms with Crippen LogP contribution in [0.3, 0.4) is 0 Å². The van der Waals surface area contributed by atoms with Gasteiger partial charge in [-0.2, -0.15) is 5.10 Å². The SMILES string of the molecule is CCOC(=O)C(=O)c1ncnn2c(C)ccc12. The molecule has 0 saturated carbocycles. The predicted molar refractivity (Wildman–Crippen MR) is 58.7 cm³/mol. The average molecular weight is 233 g/mol. The maximum atomic E-state index is 11.8. The molecule has 0 unspecified atom stereocenters. The van der Waals surface area contributed by atoms with Crippen LogP contribution < -0.4 is 0 Å². The summed E-state index contributed by atoms with van der Waals surface area (Å²) in [5.41, 5.74) is 1.43. The zero-order valence-corrected chi connectivity index (χ0v) is 9.51. The molecule has 0 spiro atoms. The van der Waals surface area contributed by atoms with Crippen molar-refractivity contribution in [2.75, 3.05) is 6.61 Å². The summed E-state index contributed by atoms with van der Waals surface area (Å²) in [7, 11) is 0. The van der Waals surface area contributed by atoms with E-state index in [1.165, 1.54) is 6.33 Å². The van der Waals surface area contributed by atoms with Crippen molar-refractivity contribution in [2.24, 2.45) is 0 Å². The number of ether oxygens (including phenoxy) is 1. The Labute approximate surface area is 97.2 Å². The zero-order valence-electron chi connectivity index (χ0n) is 9.51. The van der Waals surface area contributed by atoms with Crippen molar-refractivity contribution in [1.29, 1.82) is 0 Å². The summed E-state index contributed by atoms with van der Waals surface area (Å²) in [6.07, 6.45) is 1.24. The minimum absolute atomic E-state index is 0.0616. The van der Waals surface area contributed by atoms with Crippen molar-refractivity contribution in [3.05, 3.63) is 29.8 Å². The van der Waals surface area contributed by atoms with Crippen molar-refractivity contribution in [3.8, 4) is 0 Å². The van der Waals surface area contributed by atoms with E-state index in [9.17, 15) is 9.59 Å². The number of nitrogens with zero attached hydrogens (tertiary/aromatic N) is 3. The van der Waals surface area contributed by atoms with Gasteiger partial charge in [-0.3, -0.25) is 4.79 Å². The molecule has 0 N–H and O–H groups in total. The maximum absolute atomic E-state index is 11.8. The standard InChI is InChI=1S/C11H11N3O3/c1-3-17-11(16)10(15)9-8-5-4-7(2)14(8)13-6-12-9/h4-6H,3H2,1-2H3. The fraction of sp³-hybridized carbons (Fsp3) is 0.273. The third-order valence-electron chi connectivity index (χ3n) is 2.32. The van der Waals surface area contributed by atoms with Gasteiger partial charge in [-0.15, -0.1) is 0 Å². The topological polar surface area (TPSA) is 73.6 Å². The molecule has 0 bridgehead atoms. The number of Topliss-reactive ketones (excluding diaryl/α,β-unsaturated/α-hetero) is 1. The maximum Gasteiger partial charge on any atom is 0.381 e. The highest BCUT2D eigenvalue weighted by molar-refractivity contribution is 6.41. The lowest BCUT2D eigenvalue weighted by molar-refractivity contribution is -0.137. The molecule has 2 aromatic rings. The summed E-state index contributed by atoms with van der Waals surface area (Å²) in [5, 5.41) is 3.99. The molecule has 0 aromatic carbocycles. The number of aromatic nitrogens is 3. The van der Waals surface area contributed by atoms with Crippen molar-refractivity contribution < 1.29 is 14.3 Å². The normalized spacial score (nSPS) is 10.5. The Bertz CT molecular complexity index is 589. The first-order valence-corrected chi connectivity index (χ1v) is 5.16. The Balaban J connectivity index is 2.49. The molecule has 0 aliphatic carbocycles.